The third kappa shape index (κ3) is 5.19. The fourth-order valence-electron chi connectivity index (χ4n) is 6.56. The van der Waals surface area contributed by atoms with Gasteiger partial charge in [0.15, 0.2) is 0 Å². The fourth-order valence-corrected chi connectivity index (χ4v) is 6.56. The van der Waals surface area contributed by atoms with Crippen molar-refractivity contribution in [2.45, 2.75) is 90.9 Å². The Kier molecular flexibility index (Phi) is 8.44. The minimum atomic E-state index is -1.23. The number of hydrogen-bond acceptors (Lipinski definition) is 4. The third-order valence-corrected chi connectivity index (χ3v) is 9.36. The number of carbonyl (C=O) groups is 1. The third-order valence-electron chi connectivity index (χ3n) is 9.36. The number of carboxylic acid groups (broad SMARTS) is 1. The van der Waals surface area contributed by atoms with Gasteiger partial charge in [0.05, 0.1) is 17.6 Å². The quantitative estimate of drug-likeness (QED) is 0.344. The number of aliphatic carboxylic acids is 1. The summed E-state index contributed by atoms with van der Waals surface area (Å²) in [7, 11) is 0. The molecule has 0 amide bonds. The second-order valence-corrected chi connectivity index (χ2v) is 12.1. The van der Waals surface area contributed by atoms with Crippen molar-refractivity contribution >= 4 is 5.97 Å². The second kappa shape index (κ2) is 11.3. The number of nitrogens with zero attached hydrogens (tertiary/aromatic N) is 1. The van der Waals surface area contributed by atoms with E-state index in [4.69, 9.17) is 0 Å². The fraction of sp³-hybridized carbons (Fsp3) is 0.500. The average Bonchev–Trinajstić information content (AvgIpc) is 2.93. The minimum absolute atomic E-state index is 0.201. The molecule has 1 saturated heterocycles. The number of hydrogen-bond donors (Lipinski definition) is 3. The molecule has 2 aromatic carbocycles. The molecule has 39 heavy (non-hydrogen) atoms. The molecule has 5 heteroatoms. The Hall–Kier alpha value is -2.89. The first kappa shape index (κ1) is 29.1. The summed E-state index contributed by atoms with van der Waals surface area (Å²) in [6.45, 7) is 10.3. The maximum absolute atomic E-state index is 12.7. The molecule has 0 saturated carbocycles. The Bertz CT molecular complexity index is 1170. The van der Waals surface area contributed by atoms with Gasteiger partial charge in [-0.05, 0) is 77.0 Å². The van der Waals surface area contributed by atoms with Crippen LogP contribution in [0, 0.1) is 24.7 Å². The maximum atomic E-state index is 12.7. The average molecular weight is 532 g/mol. The van der Waals surface area contributed by atoms with Crippen LogP contribution in [0.1, 0.15) is 81.5 Å². The van der Waals surface area contributed by atoms with E-state index < -0.39 is 28.5 Å². The molecule has 1 aliphatic heterocycles. The Morgan fingerprint density at radius 3 is 2.05 bits per heavy atom. The lowest BCUT2D eigenvalue weighted by Crippen LogP contribution is -2.54. The largest absolute Gasteiger partial charge is 0.481 e. The molecule has 3 atom stereocenters. The maximum Gasteiger partial charge on any atom is 0.310 e. The molecule has 2 aliphatic rings. The molecule has 3 unspecified atom stereocenters. The molecule has 0 bridgehead atoms. The van der Waals surface area contributed by atoms with Crippen LogP contribution in [-0.4, -0.2) is 44.9 Å². The topological polar surface area (TPSA) is 81.0 Å². The van der Waals surface area contributed by atoms with Gasteiger partial charge in [0, 0.05) is 17.7 Å². The van der Waals surface area contributed by atoms with E-state index in [9.17, 15) is 20.1 Å². The zero-order valence-corrected chi connectivity index (χ0v) is 24.2. The van der Waals surface area contributed by atoms with E-state index in [1.54, 1.807) is 13.8 Å². The first-order chi connectivity index (χ1) is 18.5. The van der Waals surface area contributed by atoms with Gasteiger partial charge in [-0.1, -0.05) is 85.2 Å². The summed E-state index contributed by atoms with van der Waals surface area (Å²) in [6, 6.07) is 16.2. The molecule has 5 nitrogen and oxygen atoms in total. The van der Waals surface area contributed by atoms with Gasteiger partial charge in [-0.3, -0.25) is 4.79 Å². The van der Waals surface area contributed by atoms with Crippen LogP contribution in [0.5, 0.6) is 0 Å². The van der Waals surface area contributed by atoms with Crippen molar-refractivity contribution < 1.29 is 20.1 Å². The van der Waals surface area contributed by atoms with Crippen molar-refractivity contribution in [1.29, 1.82) is 0 Å². The molecule has 1 heterocycles. The smallest absolute Gasteiger partial charge is 0.310 e. The van der Waals surface area contributed by atoms with E-state index >= 15 is 0 Å². The van der Waals surface area contributed by atoms with Gasteiger partial charge < -0.3 is 20.2 Å². The van der Waals surface area contributed by atoms with Crippen LogP contribution in [-0.2, 0) is 10.4 Å². The van der Waals surface area contributed by atoms with E-state index in [2.05, 4.69) is 49.1 Å². The summed E-state index contributed by atoms with van der Waals surface area (Å²) in [6.07, 6.45) is 9.87. The summed E-state index contributed by atoms with van der Waals surface area (Å²) in [5.41, 5.74) is 1.73. The van der Waals surface area contributed by atoms with Gasteiger partial charge in [0.2, 0.25) is 0 Å². The van der Waals surface area contributed by atoms with Gasteiger partial charge in [-0.25, -0.2) is 0 Å². The Labute approximate surface area is 233 Å². The molecule has 4 rings (SSSR count). The Morgan fingerprint density at radius 1 is 1.03 bits per heavy atom. The van der Waals surface area contributed by atoms with Crippen LogP contribution >= 0.6 is 0 Å². The summed E-state index contributed by atoms with van der Waals surface area (Å²) in [5.74, 6) is -0.914. The SMILES string of the molecule is CCCC(O)C1(C(C)(C)C(=O)O)C=CC(N2CCCCC2C(O)(c2ccc(C)cc2)c2ccc(C)cc2)=CC1. The monoisotopic (exact) mass is 531 g/mol. The van der Waals surface area contributed by atoms with E-state index in [0.29, 0.717) is 12.8 Å². The lowest BCUT2D eigenvalue weighted by atomic mass is 9.58. The molecule has 1 fully saturated rings. The van der Waals surface area contributed by atoms with E-state index in [-0.39, 0.29) is 6.04 Å². The van der Waals surface area contributed by atoms with Gasteiger partial charge in [-0.2, -0.15) is 0 Å². The number of allylic oxidation sites excluding steroid dienone is 2. The molecule has 0 spiro atoms. The number of aryl methyl sites for hydroxylation is 2. The summed E-state index contributed by atoms with van der Waals surface area (Å²) >= 11 is 0. The summed E-state index contributed by atoms with van der Waals surface area (Å²) < 4.78 is 0. The van der Waals surface area contributed by atoms with Crippen LogP contribution in [0.2, 0.25) is 0 Å². The van der Waals surface area contributed by atoms with Gasteiger partial charge in [0.1, 0.15) is 5.60 Å². The van der Waals surface area contributed by atoms with Crippen molar-refractivity contribution in [2.24, 2.45) is 10.8 Å². The van der Waals surface area contributed by atoms with Crippen molar-refractivity contribution in [3.8, 4) is 0 Å². The van der Waals surface area contributed by atoms with Crippen molar-refractivity contribution in [2.75, 3.05) is 6.54 Å². The first-order valence-electron chi connectivity index (χ1n) is 14.4. The number of carboxylic acids is 1. The van der Waals surface area contributed by atoms with Gasteiger partial charge >= 0.3 is 5.97 Å². The highest BCUT2D eigenvalue weighted by atomic mass is 16.4. The Balaban J connectivity index is 1.77. The Morgan fingerprint density at radius 2 is 1.59 bits per heavy atom. The predicted octanol–water partition coefficient (Wildman–Crippen LogP) is 6.50. The highest BCUT2D eigenvalue weighted by molar-refractivity contribution is 5.75. The van der Waals surface area contributed by atoms with E-state index in [1.165, 1.54) is 0 Å². The zero-order valence-electron chi connectivity index (χ0n) is 24.2. The highest BCUT2D eigenvalue weighted by Gasteiger charge is 2.53. The molecule has 3 N–H and O–H groups in total. The van der Waals surface area contributed by atoms with Crippen LogP contribution in [0.4, 0.5) is 0 Å². The van der Waals surface area contributed by atoms with Crippen molar-refractivity contribution in [3.05, 3.63) is 94.7 Å². The minimum Gasteiger partial charge on any atom is -0.481 e. The molecule has 210 valence electrons. The number of rotatable bonds is 9. The number of benzene rings is 2. The zero-order chi connectivity index (χ0) is 28.4. The van der Waals surface area contributed by atoms with Crippen molar-refractivity contribution in [3.63, 3.8) is 0 Å². The number of aliphatic hydroxyl groups is 2. The molecule has 0 aromatic heterocycles. The molecule has 0 radical (unpaired) electrons. The van der Waals surface area contributed by atoms with Crippen LogP contribution in [0.3, 0.4) is 0 Å². The van der Waals surface area contributed by atoms with Gasteiger partial charge in [0.25, 0.3) is 0 Å². The lowest BCUT2D eigenvalue weighted by molar-refractivity contribution is -0.159. The van der Waals surface area contributed by atoms with Crippen LogP contribution in [0.25, 0.3) is 0 Å². The molecular formula is C34H45NO4. The number of likely N-dealkylation sites (tertiary alicyclic amines) is 1. The highest BCUT2D eigenvalue weighted by Crippen LogP contribution is 2.51. The molecule has 1 aliphatic carbocycles. The van der Waals surface area contributed by atoms with E-state index in [0.717, 1.165) is 60.2 Å². The van der Waals surface area contributed by atoms with Crippen LogP contribution in [0.15, 0.2) is 72.5 Å². The molecular weight excluding hydrogens is 486 g/mol. The van der Waals surface area contributed by atoms with E-state index in [1.807, 2.05) is 43.3 Å². The van der Waals surface area contributed by atoms with Crippen molar-refractivity contribution in [1.82, 2.24) is 4.90 Å². The standard InChI is InChI=1S/C34H45NO4/c1-6-9-30(36)33(32(4,5)31(37)38)21-19-28(20-22-33)35-23-8-7-10-29(35)34(39,26-15-11-24(2)12-16-26)27-17-13-25(3)14-18-27/h11-21,29-30,36,39H,6-10,22-23H2,1-5H3,(H,37,38). The lowest BCUT2D eigenvalue weighted by Gasteiger charge is -2.50. The first-order valence-corrected chi connectivity index (χ1v) is 14.4. The van der Waals surface area contributed by atoms with Gasteiger partial charge in [-0.15, -0.1) is 0 Å². The summed E-state index contributed by atoms with van der Waals surface area (Å²) in [5, 5.41) is 34.1. The number of aliphatic hydroxyl groups excluding tert-OH is 1. The van der Waals surface area contributed by atoms with Crippen LogP contribution < -0.4 is 0 Å². The second-order valence-electron chi connectivity index (χ2n) is 12.1. The number of piperidine rings is 1. The summed E-state index contributed by atoms with van der Waals surface area (Å²) in [4.78, 5) is 14.7. The predicted molar refractivity (Wildman–Crippen MR) is 156 cm³/mol. The normalized spacial score (nSPS) is 22.9. The molecule has 2 aromatic rings.